The normalized spacial score (nSPS) is 11.1. The Hall–Kier alpha value is -1.92. The van der Waals surface area contributed by atoms with Gasteiger partial charge in [-0.1, -0.05) is 11.6 Å². The first-order chi connectivity index (χ1) is 9.88. The minimum Gasteiger partial charge on any atom is -0.475 e. The van der Waals surface area contributed by atoms with Gasteiger partial charge in [0, 0.05) is 11.6 Å². The number of rotatable bonds is 5. The van der Waals surface area contributed by atoms with Gasteiger partial charge in [-0.25, -0.2) is 14.5 Å². The Balaban J connectivity index is 2.36. The van der Waals surface area contributed by atoms with E-state index in [1.54, 1.807) is 19.1 Å². The van der Waals surface area contributed by atoms with Crippen LogP contribution < -0.4 is 0 Å². The average Bonchev–Trinajstić information content (AvgIpc) is 2.80. The van der Waals surface area contributed by atoms with Crippen molar-refractivity contribution in [2.45, 2.75) is 13.3 Å². The summed E-state index contributed by atoms with van der Waals surface area (Å²) in [5, 5.41) is 13.6. The highest BCUT2D eigenvalue weighted by Gasteiger charge is 2.14. The van der Waals surface area contributed by atoms with Gasteiger partial charge in [0.05, 0.1) is 5.69 Å². The highest BCUT2D eigenvalue weighted by atomic mass is 35.5. The van der Waals surface area contributed by atoms with Crippen molar-refractivity contribution in [3.8, 4) is 5.69 Å². The van der Waals surface area contributed by atoms with Gasteiger partial charge in [0.1, 0.15) is 5.82 Å². The van der Waals surface area contributed by atoms with Crippen molar-refractivity contribution in [3.63, 3.8) is 0 Å². The standard InChI is InChI=1S/C14H17ClN4O2/c1-9-16-13(14(20)21)17-19(9)11-4-5-12(15)10(8-11)6-7-18(2)3/h4-5,8H,6-7H2,1-3H3,(H,20,21). The molecule has 0 saturated heterocycles. The van der Waals surface area contributed by atoms with Gasteiger partial charge in [-0.2, -0.15) is 0 Å². The van der Waals surface area contributed by atoms with E-state index in [1.807, 2.05) is 20.2 Å². The predicted molar refractivity (Wildman–Crippen MR) is 80.3 cm³/mol. The van der Waals surface area contributed by atoms with Crippen LogP contribution in [0.2, 0.25) is 5.02 Å². The number of hydrogen-bond acceptors (Lipinski definition) is 4. The molecule has 0 spiro atoms. The van der Waals surface area contributed by atoms with Gasteiger partial charge in [-0.05, 0) is 51.2 Å². The molecule has 1 heterocycles. The smallest absolute Gasteiger partial charge is 0.375 e. The molecule has 7 heteroatoms. The van der Waals surface area contributed by atoms with E-state index in [4.69, 9.17) is 16.7 Å². The maximum Gasteiger partial charge on any atom is 0.375 e. The Morgan fingerprint density at radius 3 is 2.71 bits per heavy atom. The Bertz CT molecular complexity index is 667. The lowest BCUT2D eigenvalue weighted by Gasteiger charge is -2.12. The molecule has 0 amide bonds. The van der Waals surface area contributed by atoms with Gasteiger partial charge in [0.2, 0.25) is 0 Å². The topological polar surface area (TPSA) is 71.2 Å². The molecule has 2 aromatic rings. The molecule has 0 bridgehead atoms. The number of aryl methyl sites for hydroxylation is 1. The van der Waals surface area contributed by atoms with Crippen LogP contribution in [0.25, 0.3) is 5.69 Å². The van der Waals surface area contributed by atoms with Crippen molar-refractivity contribution in [3.05, 3.63) is 40.4 Å². The van der Waals surface area contributed by atoms with Crippen LogP contribution in [0, 0.1) is 6.92 Å². The first-order valence-electron chi connectivity index (χ1n) is 6.49. The lowest BCUT2D eigenvalue weighted by atomic mass is 10.1. The molecule has 0 aliphatic rings. The van der Waals surface area contributed by atoms with Crippen LogP contribution in [-0.4, -0.2) is 51.4 Å². The van der Waals surface area contributed by atoms with E-state index < -0.39 is 5.97 Å². The molecular weight excluding hydrogens is 292 g/mol. The van der Waals surface area contributed by atoms with E-state index in [1.165, 1.54) is 4.68 Å². The molecule has 0 aliphatic carbocycles. The number of hydrogen-bond donors (Lipinski definition) is 1. The summed E-state index contributed by atoms with van der Waals surface area (Å²) >= 11 is 6.20. The Morgan fingerprint density at radius 2 is 2.14 bits per heavy atom. The molecule has 0 unspecified atom stereocenters. The van der Waals surface area contributed by atoms with Crippen molar-refractivity contribution in [1.82, 2.24) is 19.7 Å². The van der Waals surface area contributed by atoms with Crippen LogP contribution in [0.1, 0.15) is 22.0 Å². The van der Waals surface area contributed by atoms with Crippen LogP contribution in [0.4, 0.5) is 0 Å². The van der Waals surface area contributed by atoms with Gasteiger partial charge in [-0.15, -0.1) is 5.10 Å². The molecule has 0 aliphatic heterocycles. The second kappa shape index (κ2) is 6.24. The van der Waals surface area contributed by atoms with E-state index in [0.717, 1.165) is 24.2 Å². The molecule has 2 rings (SSSR count). The van der Waals surface area contributed by atoms with Crippen LogP contribution >= 0.6 is 11.6 Å². The molecule has 0 atom stereocenters. The summed E-state index contributed by atoms with van der Waals surface area (Å²) in [6.45, 7) is 2.59. The molecule has 6 nitrogen and oxygen atoms in total. The monoisotopic (exact) mass is 308 g/mol. The summed E-state index contributed by atoms with van der Waals surface area (Å²) in [6.07, 6.45) is 0.805. The molecule has 1 N–H and O–H groups in total. The number of carboxylic acids is 1. The second-order valence-electron chi connectivity index (χ2n) is 5.03. The number of carboxylic acid groups (broad SMARTS) is 1. The van der Waals surface area contributed by atoms with Crippen LogP contribution in [0.15, 0.2) is 18.2 Å². The number of benzene rings is 1. The average molecular weight is 309 g/mol. The molecule has 1 aromatic heterocycles. The Morgan fingerprint density at radius 1 is 1.43 bits per heavy atom. The van der Waals surface area contributed by atoms with E-state index >= 15 is 0 Å². The third kappa shape index (κ3) is 3.59. The third-order valence-electron chi connectivity index (χ3n) is 3.06. The van der Waals surface area contributed by atoms with E-state index in [0.29, 0.717) is 10.8 Å². The first kappa shape index (κ1) is 15.5. The maximum atomic E-state index is 10.9. The van der Waals surface area contributed by atoms with Gasteiger partial charge in [-0.3, -0.25) is 0 Å². The van der Waals surface area contributed by atoms with Crippen molar-refractivity contribution >= 4 is 17.6 Å². The van der Waals surface area contributed by atoms with Gasteiger partial charge in [0.25, 0.3) is 5.82 Å². The lowest BCUT2D eigenvalue weighted by Crippen LogP contribution is -2.15. The van der Waals surface area contributed by atoms with Crippen molar-refractivity contribution in [2.24, 2.45) is 0 Å². The Labute approximate surface area is 128 Å². The number of halogens is 1. The lowest BCUT2D eigenvalue weighted by molar-refractivity contribution is 0.0683. The highest BCUT2D eigenvalue weighted by molar-refractivity contribution is 6.31. The number of likely N-dealkylation sites (N-methyl/N-ethyl adjacent to an activating group) is 1. The molecule has 21 heavy (non-hydrogen) atoms. The SMILES string of the molecule is Cc1nc(C(=O)O)nn1-c1ccc(Cl)c(CCN(C)C)c1. The third-order valence-corrected chi connectivity index (χ3v) is 3.43. The van der Waals surface area contributed by atoms with Crippen molar-refractivity contribution in [2.75, 3.05) is 20.6 Å². The highest BCUT2D eigenvalue weighted by Crippen LogP contribution is 2.21. The van der Waals surface area contributed by atoms with Crippen molar-refractivity contribution in [1.29, 1.82) is 0 Å². The van der Waals surface area contributed by atoms with Gasteiger partial charge < -0.3 is 10.0 Å². The van der Waals surface area contributed by atoms with Crippen LogP contribution in [-0.2, 0) is 6.42 Å². The predicted octanol–water partition coefficient (Wildman–Crippen LogP) is 2.03. The molecule has 1 aromatic carbocycles. The zero-order chi connectivity index (χ0) is 15.6. The second-order valence-corrected chi connectivity index (χ2v) is 5.44. The fourth-order valence-electron chi connectivity index (χ4n) is 1.95. The molecule has 0 fully saturated rings. The van der Waals surface area contributed by atoms with E-state index in [-0.39, 0.29) is 5.82 Å². The summed E-state index contributed by atoms with van der Waals surface area (Å²) in [4.78, 5) is 16.9. The first-order valence-corrected chi connectivity index (χ1v) is 6.86. The largest absolute Gasteiger partial charge is 0.475 e. The van der Waals surface area contributed by atoms with E-state index in [2.05, 4.69) is 15.0 Å². The molecule has 0 radical (unpaired) electrons. The zero-order valence-corrected chi connectivity index (χ0v) is 12.9. The van der Waals surface area contributed by atoms with Crippen LogP contribution in [0.5, 0.6) is 0 Å². The number of aromatic nitrogens is 3. The van der Waals surface area contributed by atoms with Gasteiger partial charge >= 0.3 is 5.97 Å². The van der Waals surface area contributed by atoms with Gasteiger partial charge in [0.15, 0.2) is 0 Å². The fourth-order valence-corrected chi connectivity index (χ4v) is 2.17. The zero-order valence-electron chi connectivity index (χ0n) is 12.2. The minimum absolute atomic E-state index is 0.211. The van der Waals surface area contributed by atoms with Crippen LogP contribution in [0.3, 0.4) is 0 Å². The quantitative estimate of drug-likeness (QED) is 0.915. The summed E-state index contributed by atoms with van der Waals surface area (Å²) in [5.41, 5.74) is 1.75. The summed E-state index contributed by atoms with van der Waals surface area (Å²) in [5.74, 6) is -0.829. The maximum absolute atomic E-state index is 10.9. The number of aromatic carboxylic acids is 1. The summed E-state index contributed by atoms with van der Waals surface area (Å²) in [7, 11) is 4.00. The Kier molecular flexibility index (Phi) is 4.59. The van der Waals surface area contributed by atoms with Crippen molar-refractivity contribution < 1.29 is 9.90 Å². The van der Waals surface area contributed by atoms with E-state index in [9.17, 15) is 4.79 Å². The summed E-state index contributed by atoms with van der Waals surface area (Å²) in [6, 6.07) is 5.51. The minimum atomic E-state index is -1.14. The molecular formula is C14H17ClN4O2. The summed E-state index contributed by atoms with van der Waals surface area (Å²) < 4.78 is 1.51. The fraction of sp³-hybridized carbons (Fsp3) is 0.357. The molecule has 112 valence electrons. The number of nitrogens with zero attached hydrogens (tertiary/aromatic N) is 4. The number of carbonyl (C=O) groups is 1. The molecule has 0 saturated carbocycles.